The minimum atomic E-state index is -0.868. The van der Waals surface area contributed by atoms with Crippen molar-refractivity contribution < 1.29 is 15.0 Å². The molecule has 1 amide bonds. The molecule has 3 N–H and O–H groups in total. The van der Waals surface area contributed by atoms with Gasteiger partial charge in [-0.05, 0) is 44.9 Å². The molecule has 0 spiro atoms. The molecule has 0 saturated carbocycles. The van der Waals surface area contributed by atoms with E-state index in [2.05, 4.69) is 43.5 Å². The predicted molar refractivity (Wildman–Crippen MR) is 267 cm³/mol. The maximum Gasteiger partial charge on any atom is 0.220 e. The van der Waals surface area contributed by atoms with Gasteiger partial charge < -0.3 is 15.5 Å². The van der Waals surface area contributed by atoms with Gasteiger partial charge in [-0.3, -0.25) is 4.79 Å². The molecular formula is C56H107NO3. The summed E-state index contributed by atoms with van der Waals surface area (Å²) in [7, 11) is 0. The summed E-state index contributed by atoms with van der Waals surface area (Å²) in [5.41, 5.74) is 0. The van der Waals surface area contributed by atoms with Crippen molar-refractivity contribution in [3.8, 4) is 0 Å². The Hall–Kier alpha value is -1.39. The molecule has 0 aromatic carbocycles. The van der Waals surface area contributed by atoms with Crippen LogP contribution in [0.25, 0.3) is 0 Å². The van der Waals surface area contributed by atoms with Crippen LogP contribution in [0.1, 0.15) is 296 Å². The highest BCUT2D eigenvalue weighted by Gasteiger charge is 2.18. The van der Waals surface area contributed by atoms with Gasteiger partial charge in [-0.1, -0.05) is 281 Å². The Morgan fingerprint density at radius 3 is 0.967 bits per heavy atom. The quantitative estimate of drug-likeness (QED) is 0.0422. The SMILES string of the molecule is CCCCCCCCC/C=C/CC/C=C/CC/C=C/C(O)C(CO)NC(=O)CCCCCCCCCCCCCCCCCCCCCCCCCCCCCCCCC. The average molecular weight is 842 g/mol. The maximum atomic E-state index is 12.4. The normalized spacial score (nSPS) is 13.1. The lowest BCUT2D eigenvalue weighted by atomic mass is 10.0. The Balaban J connectivity index is 3.47. The van der Waals surface area contributed by atoms with Crippen LogP contribution in [0.3, 0.4) is 0 Å². The molecule has 4 heteroatoms. The highest BCUT2D eigenvalue weighted by atomic mass is 16.3. The van der Waals surface area contributed by atoms with Crippen molar-refractivity contribution in [3.63, 3.8) is 0 Å². The number of carbonyl (C=O) groups excluding carboxylic acids is 1. The lowest BCUT2D eigenvalue weighted by Crippen LogP contribution is -2.45. The summed E-state index contributed by atoms with van der Waals surface area (Å²) in [5.74, 6) is -0.0729. The van der Waals surface area contributed by atoms with E-state index in [4.69, 9.17) is 0 Å². The third-order valence-electron chi connectivity index (χ3n) is 12.6. The van der Waals surface area contributed by atoms with E-state index in [0.717, 1.165) is 38.5 Å². The summed E-state index contributed by atoms with van der Waals surface area (Å²) in [6.45, 7) is 4.31. The number of aliphatic hydroxyl groups is 2. The number of amides is 1. The largest absolute Gasteiger partial charge is 0.394 e. The zero-order valence-corrected chi connectivity index (χ0v) is 40.7. The smallest absolute Gasteiger partial charge is 0.220 e. The first-order valence-corrected chi connectivity index (χ1v) is 27.2. The molecule has 0 fully saturated rings. The number of carbonyl (C=O) groups is 1. The summed E-state index contributed by atoms with van der Waals surface area (Å²) in [4.78, 5) is 12.4. The molecule has 60 heavy (non-hydrogen) atoms. The number of aliphatic hydroxyl groups excluding tert-OH is 2. The van der Waals surface area contributed by atoms with E-state index in [0.29, 0.717) is 6.42 Å². The molecular weight excluding hydrogens is 735 g/mol. The van der Waals surface area contributed by atoms with Crippen LogP contribution < -0.4 is 5.32 Å². The average Bonchev–Trinajstić information content (AvgIpc) is 3.25. The van der Waals surface area contributed by atoms with Crippen molar-refractivity contribution in [1.29, 1.82) is 0 Å². The zero-order valence-electron chi connectivity index (χ0n) is 40.7. The van der Waals surface area contributed by atoms with Crippen molar-refractivity contribution in [2.75, 3.05) is 6.61 Å². The molecule has 2 atom stereocenters. The Kier molecular flexibility index (Phi) is 50.8. The summed E-state index contributed by atoms with van der Waals surface area (Å²) in [6.07, 6.45) is 70.2. The van der Waals surface area contributed by atoms with Gasteiger partial charge in [-0.15, -0.1) is 0 Å². The van der Waals surface area contributed by atoms with Gasteiger partial charge in [0.2, 0.25) is 5.91 Å². The molecule has 0 aliphatic carbocycles. The third kappa shape index (κ3) is 47.7. The topological polar surface area (TPSA) is 69.6 Å². The fourth-order valence-electron chi connectivity index (χ4n) is 8.45. The summed E-state index contributed by atoms with van der Waals surface area (Å²) >= 11 is 0. The molecule has 0 radical (unpaired) electrons. The van der Waals surface area contributed by atoms with E-state index >= 15 is 0 Å². The minimum absolute atomic E-state index is 0.0729. The van der Waals surface area contributed by atoms with Crippen LogP contribution in [0.15, 0.2) is 36.5 Å². The summed E-state index contributed by atoms with van der Waals surface area (Å²) in [5, 5.41) is 23.1. The van der Waals surface area contributed by atoms with Gasteiger partial charge in [0.15, 0.2) is 0 Å². The predicted octanol–water partition coefficient (Wildman–Crippen LogP) is 17.7. The minimum Gasteiger partial charge on any atom is -0.394 e. The number of rotatable bonds is 50. The van der Waals surface area contributed by atoms with Crippen LogP contribution >= 0.6 is 0 Å². The first kappa shape index (κ1) is 58.6. The monoisotopic (exact) mass is 842 g/mol. The van der Waals surface area contributed by atoms with Crippen LogP contribution in [0.4, 0.5) is 0 Å². The number of unbranched alkanes of at least 4 members (excludes halogenated alkanes) is 39. The van der Waals surface area contributed by atoms with Crippen LogP contribution in [-0.2, 0) is 4.79 Å². The number of nitrogens with one attached hydrogen (secondary N) is 1. The lowest BCUT2D eigenvalue weighted by molar-refractivity contribution is -0.123. The Morgan fingerprint density at radius 1 is 0.383 bits per heavy atom. The molecule has 0 aliphatic rings. The fourth-order valence-corrected chi connectivity index (χ4v) is 8.45. The van der Waals surface area contributed by atoms with E-state index in [-0.39, 0.29) is 12.5 Å². The molecule has 354 valence electrons. The first-order valence-electron chi connectivity index (χ1n) is 27.2. The highest BCUT2D eigenvalue weighted by Crippen LogP contribution is 2.17. The molecule has 0 heterocycles. The second-order valence-corrected chi connectivity index (χ2v) is 18.6. The molecule has 0 bridgehead atoms. The van der Waals surface area contributed by atoms with Gasteiger partial charge in [-0.2, -0.15) is 0 Å². The third-order valence-corrected chi connectivity index (χ3v) is 12.6. The van der Waals surface area contributed by atoms with Crippen LogP contribution in [0.5, 0.6) is 0 Å². The van der Waals surface area contributed by atoms with Gasteiger partial charge in [0.25, 0.3) is 0 Å². The van der Waals surface area contributed by atoms with Crippen molar-refractivity contribution in [2.45, 2.75) is 309 Å². The standard InChI is InChI=1S/C56H107NO3/c1-3-5-7-9-11-13-15-17-19-21-22-23-24-25-26-27-28-29-30-31-32-33-34-36-38-40-42-44-46-48-50-52-56(60)57-54(53-58)55(59)51-49-47-45-43-41-39-37-35-20-18-16-14-12-10-8-6-4-2/h20,35,41,43,49,51,54-55,58-59H,3-19,21-34,36-40,42,44-48,50,52-53H2,1-2H3,(H,57,60)/b35-20+,43-41+,51-49+. The van der Waals surface area contributed by atoms with Crippen LogP contribution in [0, 0.1) is 0 Å². The second kappa shape index (κ2) is 52.0. The Labute approximate surface area is 376 Å². The number of hydrogen-bond acceptors (Lipinski definition) is 3. The summed E-state index contributed by atoms with van der Waals surface area (Å²) in [6, 6.07) is -0.643. The molecule has 0 aliphatic heterocycles. The Morgan fingerprint density at radius 2 is 0.650 bits per heavy atom. The number of allylic oxidation sites excluding steroid dienone is 5. The zero-order chi connectivity index (χ0) is 43.5. The van der Waals surface area contributed by atoms with Gasteiger partial charge in [-0.25, -0.2) is 0 Å². The second-order valence-electron chi connectivity index (χ2n) is 18.6. The van der Waals surface area contributed by atoms with E-state index in [9.17, 15) is 15.0 Å². The highest BCUT2D eigenvalue weighted by molar-refractivity contribution is 5.76. The van der Waals surface area contributed by atoms with Crippen molar-refractivity contribution in [3.05, 3.63) is 36.5 Å². The maximum absolute atomic E-state index is 12.4. The lowest BCUT2D eigenvalue weighted by Gasteiger charge is -2.19. The fraction of sp³-hybridized carbons (Fsp3) is 0.875. The molecule has 2 unspecified atom stereocenters. The van der Waals surface area contributed by atoms with Gasteiger partial charge in [0.1, 0.15) is 0 Å². The Bertz CT molecular complexity index is 912. The molecule has 0 saturated heterocycles. The van der Waals surface area contributed by atoms with Gasteiger partial charge in [0, 0.05) is 6.42 Å². The van der Waals surface area contributed by atoms with Crippen LogP contribution in [0.2, 0.25) is 0 Å². The van der Waals surface area contributed by atoms with Crippen molar-refractivity contribution in [1.82, 2.24) is 5.32 Å². The van der Waals surface area contributed by atoms with E-state index in [1.807, 2.05) is 6.08 Å². The molecule has 4 nitrogen and oxygen atoms in total. The number of hydrogen-bond donors (Lipinski definition) is 3. The van der Waals surface area contributed by atoms with Gasteiger partial charge >= 0.3 is 0 Å². The molecule has 0 aromatic heterocycles. The first-order chi connectivity index (χ1) is 29.7. The van der Waals surface area contributed by atoms with Crippen LogP contribution in [-0.4, -0.2) is 34.9 Å². The van der Waals surface area contributed by atoms with E-state index in [1.165, 1.54) is 238 Å². The van der Waals surface area contributed by atoms with Gasteiger partial charge in [0.05, 0.1) is 18.8 Å². The van der Waals surface area contributed by atoms with E-state index in [1.54, 1.807) is 6.08 Å². The molecule has 0 rings (SSSR count). The van der Waals surface area contributed by atoms with Crippen molar-refractivity contribution >= 4 is 5.91 Å². The van der Waals surface area contributed by atoms with Crippen molar-refractivity contribution in [2.24, 2.45) is 0 Å². The molecule has 0 aromatic rings. The summed E-state index contributed by atoms with van der Waals surface area (Å²) < 4.78 is 0. The van der Waals surface area contributed by atoms with E-state index < -0.39 is 12.1 Å².